The molecule has 1 aliphatic rings. The number of phenols is 1. The number of hydrogen-bond donors (Lipinski definition) is 3. The molecule has 0 spiro atoms. The number of phenolic OH excluding ortho intramolecular Hbond substituents is 1. The highest BCUT2D eigenvalue weighted by molar-refractivity contribution is 5.57. The number of rotatable bonds is 7. The first kappa shape index (κ1) is 28.1. The van der Waals surface area contributed by atoms with Gasteiger partial charge in [-0.1, -0.05) is 24.3 Å². The highest BCUT2D eigenvalue weighted by Gasteiger charge is 2.39. The molecule has 2 aromatic rings. The summed E-state index contributed by atoms with van der Waals surface area (Å²) in [6, 6.07) is 4.85. The van der Waals surface area contributed by atoms with Crippen molar-refractivity contribution < 1.29 is 53.4 Å². The Morgan fingerprint density at radius 2 is 1.38 bits per heavy atom. The molecule has 0 saturated carbocycles. The molecule has 2 aromatic carbocycles. The molecule has 202 valence electrons. The lowest BCUT2D eigenvalue weighted by molar-refractivity contribution is -0.138. The zero-order valence-corrected chi connectivity index (χ0v) is 18.3. The van der Waals surface area contributed by atoms with Crippen molar-refractivity contribution in [1.29, 1.82) is 0 Å². The molecule has 0 fully saturated rings. The van der Waals surface area contributed by atoms with Crippen LogP contribution in [0.3, 0.4) is 0 Å². The van der Waals surface area contributed by atoms with E-state index in [-0.39, 0.29) is 0 Å². The Balaban J connectivity index is 2.13. The van der Waals surface area contributed by atoms with Gasteiger partial charge in [-0.2, -0.15) is 39.5 Å². The molecule has 2 unspecified atom stereocenters. The third-order valence-corrected chi connectivity index (χ3v) is 5.35. The summed E-state index contributed by atoms with van der Waals surface area (Å²) in [4.78, 5) is 0. The first-order chi connectivity index (χ1) is 17.0. The lowest BCUT2D eigenvalue weighted by Gasteiger charge is -2.27. The Morgan fingerprint density at radius 3 is 1.97 bits per heavy atom. The van der Waals surface area contributed by atoms with E-state index in [1.165, 1.54) is 6.07 Å². The van der Waals surface area contributed by atoms with E-state index in [2.05, 4.69) is 0 Å². The molecule has 14 heteroatoms. The van der Waals surface area contributed by atoms with Crippen LogP contribution in [0.2, 0.25) is 0 Å². The number of nitrogens with one attached hydrogen (secondary N) is 2. The zero-order chi connectivity index (χ0) is 27.8. The topological polar surface area (TPSA) is 44.3 Å². The molecule has 3 nitrogen and oxygen atoms in total. The van der Waals surface area contributed by atoms with Crippen LogP contribution in [0.5, 0.6) is 5.75 Å². The van der Waals surface area contributed by atoms with Crippen molar-refractivity contribution in [3.8, 4) is 5.75 Å². The van der Waals surface area contributed by atoms with Crippen molar-refractivity contribution in [2.24, 2.45) is 5.92 Å². The van der Waals surface area contributed by atoms with Crippen LogP contribution >= 0.6 is 0 Å². The van der Waals surface area contributed by atoms with Gasteiger partial charge < -0.3 is 15.7 Å². The predicted molar refractivity (Wildman–Crippen MR) is 111 cm³/mol. The number of aromatic hydroxyl groups is 1. The van der Waals surface area contributed by atoms with Crippen LogP contribution in [-0.4, -0.2) is 30.5 Å². The molecule has 2 atom stereocenters. The average molecular weight is 546 g/mol. The lowest BCUT2D eigenvalue weighted by Crippen LogP contribution is -2.28. The van der Waals surface area contributed by atoms with E-state index < -0.39 is 88.9 Å². The quantitative estimate of drug-likeness (QED) is 0.323. The van der Waals surface area contributed by atoms with Gasteiger partial charge in [0.1, 0.15) is 30.5 Å². The summed E-state index contributed by atoms with van der Waals surface area (Å²) in [5, 5.41) is 14.0. The second kappa shape index (κ2) is 10.1. The molecule has 0 saturated heterocycles. The van der Waals surface area contributed by atoms with E-state index >= 15 is 0 Å². The van der Waals surface area contributed by atoms with Crippen molar-refractivity contribution in [3.05, 3.63) is 82.6 Å². The molecule has 0 amide bonds. The SMILES string of the molecule is Oc1cc(NCC(F)(F)F)c(F)cc1C(c1ccccc1C(F)(F)F)C1C=C(F)C(NCC(F)(F)F)=C1. The second-order valence-corrected chi connectivity index (χ2v) is 8.06. The Morgan fingerprint density at radius 1 is 0.784 bits per heavy atom. The number of halogens is 11. The summed E-state index contributed by atoms with van der Waals surface area (Å²) in [5.41, 5.74) is -3.88. The molecule has 3 rings (SSSR count). The maximum Gasteiger partial charge on any atom is 0.416 e. The third kappa shape index (κ3) is 7.07. The standard InChI is InChI=1S/C23H17F11N2O/c24-15-5-11(6-17(15)35-9-21(26,27)28)20(12-3-1-2-4-14(12)23(32,33)34)13-7-16(25)18(8-19(13)37)36-10-22(29,30)31/h1-8,11,20,35-37H,9-10H2. The summed E-state index contributed by atoms with van der Waals surface area (Å²) < 4.78 is 146. The van der Waals surface area contributed by atoms with E-state index in [0.29, 0.717) is 24.3 Å². The summed E-state index contributed by atoms with van der Waals surface area (Å²) in [5.74, 6) is -6.66. The predicted octanol–water partition coefficient (Wildman–Crippen LogP) is 7.18. The van der Waals surface area contributed by atoms with Gasteiger partial charge in [0, 0.05) is 23.5 Å². The molecule has 3 N–H and O–H groups in total. The van der Waals surface area contributed by atoms with Crippen molar-refractivity contribution in [2.75, 3.05) is 18.4 Å². The van der Waals surface area contributed by atoms with Crippen LogP contribution in [0.1, 0.15) is 22.6 Å². The minimum atomic E-state index is -4.97. The van der Waals surface area contributed by atoms with Crippen molar-refractivity contribution in [2.45, 2.75) is 24.4 Å². The molecule has 0 aromatic heterocycles. The van der Waals surface area contributed by atoms with E-state index in [1.54, 1.807) is 10.6 Å². The number of allylic oxidation sites excluding steroid dienone is 3. The fourth-order valence-electron chi connectivity index (χ4n) is 3.88. The van der Waals surface area contributed by atoms with Gasteiger partial charge in [0.25, 0.3) is 0 Å². The van der Waals surface area contributed by atoms with Gasteiger partial charge in [-0.05, 0) is 23.8 Å². The normalized spacial score (nSPS) is 17.3. The van der Waals surface area contributed by atoms with E-state index in [1.807, 2.05) is 0 Å². The summed E-state index contributed by atoms with van der Waals surface area (Å²) in [6.07, 6.45) is -12.9. The third-order valence-electron chi connectivity index (χ3n) is 5.35. The lowest BCUT2D eigenvalue weighted by atomic mass is 9.78. The first-order valence-corrected chi connectivity index (χ1v) is 10.4. The van der Waals surface area contributed by atoms with Gasteiger partial charge in [-0.3, -0.25) is 0 Å². The average Bonchev–Trinajstić information content (AvgIpc) is 3.12. The van der Waals surface area contributed by atoms with Gasteiger partial charge in [-0.25, -0.2) is 8.78 Å². The van der Waals surface area contributed by atoms with Gasteiger partial charge in [0.2, 0.25) is 0 Å². The Kier molecular flexibility index (Phi) is 7.70. The van der Waals surface area contributed by atoms with E-state index in [9.17, 15) is 53.4 Å². The summed E-state index contributed by atoms with van der Waals surface area (Å²) in [6.45, 7) is -3.34. The highest BCUT2D eigenvalue weighted by atomic mass is 19.4. The van der Waals surface area contributed by atoms with Crippen LogP contribution in [0, 0.1) is 11.7 Å². The summed E-state index contributed by atoms with van der Waals surface area (Å²) >= 11 is 0. The molecule has 0 aliphatic heterocycles. The van der Waals surface area contributed by atoms with Gasteiger partial charge in [0.15, 0.2) is 0 Å². The second-order valence-electron chi connectivity index (χ2n) is 8.06. The van der Waals surface area contributed by atoms with Crippen molar-refractivity contribution in [1.82, 2.24) is 5.32 Å². The molecular formula is C23H17F11N2O. The van der Waals surface area contributed by atoms with Crippen LogP contribution < -0.4 is 10.6 Å². The smallest absolute Gasteiger partial charge is 0.416 e. The molecule has 0 radical (unpaired) electrons. The summed E-state index contributed by atoms with van der Waals surface area (Å²) in [7, 11) is 0. The Labute approximate surface area is 202 Å². The number of alkyl halides is 9. The van der Waals surface area contributed by atoms with Crippen LogP contribution in [0.25, 0.3) is 0 Å². The van der Waals surface area contributed by atoms with Gasteiger partial charge in [0.05, 0.1) is 16.9 Å². The monoisotopic (exact) mass is 546 g/mol. The van der Waals surface area contributed by atoms with Gasteiger partial charge in [-0.15, -0.1) is 0 Å². The number of anilines is 1. The van der Waals surface area contributed by atoms with Gasteiger partial charge >= 0.3 is 18.5 Å². The Hall–Kier alpha value is -3.45. The maximum atomic E-state index is 14.7. The Bertz CT molecular complexity index is 1200. The first-order valence-electron chi connectivity index (χ1n) is 10.4. The van der Waals surface area contributed by atoms with E-state index in [4.69, 9.17) is 0 Å². The molecule has 0 heterocycles. The molecule has 37 heavy (non-hydrogen) atoms. The fraction of sp³-hybridized carbons (Fsp3) is 0.304. The van der Waals surface area contributed by atoms with E-state index in [0.717, 1.165) is 18.2 Å². The van der Waals surface area contributed by atoms with Crippen LogP contribution in [0.15, 0.2) is 60.1 Å². The highest BCUT2D eigenvalue weighted by Crippen LogP contribution is 2.47. The fourth-order valence-corrected chi connectivity index (χ4v) is 3.88. The zero-order valence-electron chi connectivity index (χ0n) is 18.3. The maximum absolute atomic E-state index is 14.7. The van der Waals surface area contributed by atoms with Crippen LogP contribution in [0.4, 0.5) is 54.0 Å². The molecule has 0 bridgehead atoms. The minimum absolute atomic E-state index is 0.493. The van der Waals surface area contributed by atoms with Crippen molar-refractivity contribution in [3.63, 3.8) is 0 Å². The van der Waals surface area contributed by atoms with Crippen molar-refractivity contribution >= 4 is 5.69 Å². The molecule has 1 aliphatic carbocycles. The molecular weight excluding hydrogens is 529 g/mol. The largest absolute Gasteiger partial charge is 0.508 e. The minimum Gasteiger partial charge on any atom is -0.508 e. The number of benzene rings is 2. The van der Waals surface area contributed by atoms with Crippen LogP contribution in [-0.2, 0) is 6.18 Å². The number of hydrogen-bond acceptors (Lipinski definition) is 3.